The molecule has 0 atom stereocenters. The Balaban J connectivity index is 2.78. The minimum absolute atomic E-state index is 0.428. The van der Waals surface area contributed by atoms with Crippen LogP contribution in [0.4, 0.5) is 4.79 Å². The first-order valence-electron chi connectivity index (χ1n) is 4.47. The fourth-order valence-corrected chi connectivity index (χ4v) is 1.30. The average Bonchev–Trinajstić information content (AvgIpc) is 2.11. The van der Waals surface area contributed by atoms with E-state index in [1.54, 1.807) is 7.05 Å². The van der Waals surface area contributed by atoms with Crippen molar-refractivity contribution < 1.29 is 4.79 Å². The van der Waals surface area contributed by atoms with E-state index in [9.17, 15) is 4.79 Å². The summed E-state index contributed by atoms with van der Waals surface area (Å²) in [4.78, 5) is 12.3. The summed E-state index contributed by atoms with van der Waals surface area (Å²) >= 11 is 5.34. The van der Waals surface area contributed by atoms with Crippen LogP contribution in [0.15, 0.2) is 18.2 Å². The molecule has 14 heavy (non-hydrogen) atoms. The van der Waals surface area contributed by atoms with E-state index in [0.717, 1.165) is 5.56 Å². The number of nitrogens with zero attached hydrogens (tertiary/aromatic N) is 1. The molecule has 0 aliphatic heterocycles. The van der Waals surface area contributed by atoms with Crippen LogP contribution in [0.25, 0.3) is 0 Å². The Bertz CT molecular complexity index is 349. The summed E-state index contributed by atoms with van der Waals surface area (Å²) in [5.41, 5.74) is 3.59. The van der Waals surface area contributed by atoms with Crippen molar-refractivity contribution in [1.82, 2.24) is 4.90 Å². The van der Waals surface area contributed by atoms with Crippen molar-refractivity contribution in [1.29, 1.82) is 0 Å². The summed E-state index contributed by atoms with van der Waals surface area (Å²) in [6, 6.07) is 6.14. The summed E-state index contributed by atoms with van der Waals surface area (Å²) in [5.74, 6) is 0. The second-order valence-corrected chi connectivity index (χ2v) is 3.85. The van der Waals surface area contributed by atoms with Crippen LogP contribution in [0.5, 0.6) is 0 Å². The number of hydrogen-bond acceptors (Lipinski definition) is 1. The maximum Gasteiger partial charge on any atom is 0.316 e. The maximum absolute atomic E-state index is 10.8. The predicted octanol–water partition coefficient (Wildman–Crippen LogP) is 3.09. The Morgan fingerprint density at radius 3 is 2.50 bits per heavy atom. The molecule has 1 aromatic rings. The highest BCUT2D eigenvalue weighted by molar-refractivity contribution is 6.62. The Morgan fingerprint density at radius 1 is 1.36 bits per heavy atom. The van der Waals surface area contributed by atoms with E-state index in [4.69, 9.17) is 11.6 Å². The van der Waals surface area contributed by atoms with Crippen molar-refractivity contribution in [3.8, 4) is 0 Å². The molecule has 0 N–H and O–H groups in total. The van der Waals surface area contributed by atoms with Crippen molar-refractivity contribution in [2.24, 2.45) is 0 Å². The molecule has 0 bridgehead atoms. The van der Waals surface area contributed by atoms with E-state index in [-0.39, 0.29) is 0 Å². The van der Waals surface area contributed by atoms with Crippen molar-refractivity contribution in [3.05, 3.63) is 34.9 Å². The third-order valence-corrected chi connectivity index (χ3v) is 2.58. The molecule has 3 heteroatoms. The SMILES string of the molecule is Cc1ccc(CN(C)C(=O)Cl)cc1C. The molecule has 0 aliphatic carbocycles. The Morgan fingerprint density at radius 2 is 2.00 bits per heavy atom. The van der Waals surface area contributed by atoms with Crippen molar-refractivity contribution >= 4 is 17.0 Å². The van der Waals surface area contributed by atoms with Gasteiger partial charge in [-0.25, -0.2) is 0 Å². The van der Waals surface area contributed by atoms with Crippen LogP contribution in [0.2, 0.25) is 0 Å². The molecule has 0 saturated heterocycles. The first kappa shape index (κ1) is 11.1. The first-order chi connectivity index (χ1) is 6.50. The third kappa shape index (κ3) is 2.74. The summed E-state index contributed by atoms with van der Waals surface area (Å²) in [5, 5.41) is -0.428. The molecule has 0 saturated carbocycles. The number of carbonyl (C=O) groups excluding carboxylic acids is 1. The maximum atomic E-state index is 10.8. The number of amides is 1. The van der Waals surface area contributed by atoms with E-state index in [2.05, 4.69) is 26.0 Å². The zero-order valence-electron chi connectivity index (χ0n) is 8.67. The van der Waals surface area contributed by atoms with Crippen LogP contribution in [0.1, 0.15) is 16.7 Å². The highest BCUT2D eigenvalue weighted by Crippen LogP contribution is 2.11. The zero-order chi connectivity index (χ0) is 10.7. The lowest BCUT2D eigenvalue weighted by Crippen LogP contribution is -2.20. The fourth-order valence-electron chi connectivity index (χ4n) is 1.24. The fraction of sp³-hybridized carbons (Fsp3) is 0.364. The molecule has 76 valence electrons. The number of aryl methyl sites for hydroxylation is 2. The molecular formula is C11H14ClNO. The van der Waals surface area contributed by atoms with Crippen LogP contribution in [0, 0.1) is 13.8 Å². The molecule has 1 rings (SSSR count). The first-order valence-corrected chi connectivity index (χ1v) is 4.85. The number of rotatable bonds is 2. The lowest BCUT2D eigenvalue weighted by molar-refractivity contribution is 0.230. The molecular weight excluding hydrogens is 198 g/mol. The van der Waals surface area contributed by atoms with E-state index in [1.807, 2.05) is 6.07 Å². The molecule has 0 unspecified atom stereocenters. The van der Waals surface area contributed by atoms with Crippen LogP contribution >= 0.6 is 11.6 Å². The van der Waals surface area contributed by atoms with Crippen LogP contribution in [-0.4, -0.2) is 17.3 Å². The van der Waals surface area contributed by atoms with Gasteiger partial charge in [0.2, 0.25) is 0 Å². The summed E-state index contributed by atoms with van der Waals surface area (Å²) in [6.07, 6.45) is 0. The summed E-state index contributed by atoms with van der Waals surface area (Å²) < 4.78 is 0. The van der Waals surface area contributed by atoms with E-state index in [0.29, 0.717) is 6.54 Å². The molecule has 1 amide bonds. The predicted molar refractivity (Wildman–Crippen MR) is 58.6 cm³/mol. The van der Waals surface area contributed by atoms with Gasteiger partial charge in [0, 0.05) is 13.6 Å². The van der Waals surface area contributed by atoms with E-state index >= 15 is 0 Å². The number of halogens is 1. The van der Waals surface area contributed by atoms with Crippen LogP contribution in [-0.2, 0) is 6.54 Å². The van der Waals surface area contributed by atoms with Gasteiger partial charge in [-0.15, -0.1) is 0 Å². The number of hydrogen-bond donors (Lipinski definition) is 0. The zero-order valence-corrected chi connectivity index (χ0v) is 9.43. The van der Waals surface area contributed by atoms with Crippen molar-refractivity contribution in [2.75, 3.05) is 7.05 Å². The van der Waals surface area contributed by atoms with E-state index < -0.39 is 5.37 Å². The van der Waals surface area contributed by atoms with Crippen molar-refractivity contribution in [3.63, 3.8) is 0 Å². The van der Waals surface area contributed by atoms with Gasteiger partial charge < -0.3 is 4.90 Å². The van der Waals surface area contributed by atoms with Gasteiger partial charge in [-0.2, -0.15) is 0 Å². The summed E-state index contributed by atoms with van der Waals surface area (Å²) in [6.45, 7) is 4.68. The van der Waals surface area contributed by atoms with Gasteiger partial charge >= 0.3 is 5.37 Å². The standard InChI is InChI=1S/C11H14ClNO/c1-8-4-5-10(6-9(8)2)7-13(3)11(12)14/h4-6H,7H2,1-3H3. The van der Waals surface area contributed by atoms with Crippen LogP contribution < -0.4 is 0 Å². The normalized spacial score (nSPS) is 10.0. The van der Waals surface area contributed by atoms with Crippen LogP contribution in [0.3, 0.4) is 0 Å². The third-order valence-electron chi connectivity index (χ3n) is 2.29. The lowest BCUT2D eigenvalue weighted by atomic mass is 10.1. The second-order valence-electron chi connectivity index (χ2n) is 3.53. The molecule has 0 aromatic heterocycles. The Hall–Kier alpha value is -1.02. The van der Waals surface area contributed by atoms with Gasteiger partial charge in [0.25, 0.3) is 0 Å². The molecule has 0 aliphatic rings. The van der Waals surface area contributed by atoms with Crippen molar-refractivity contribution in [2.45, 2.75) is 20.4 Å². The number of benzene rings is 1. The smallest absolute Gasteiger partial charge is 0.316 e. The molecule has 0 heterocycles. The topological polar surface area (TPSA) is 20.3 Å². The van der Waals surface area contributed by atoms with Gasteiger partial charge in [-0.05, 0) is 42.1 Å². The monoisotopic (exact) mass is 211 g/mol. The summed E-state index contributed by atoms with van der Waals surface area (Å²) in [7, 11) is 1.69. The van der Waals surface area contributed by atoms with Gasteiger partial charge in [-0.3, -0.25) is 4.79 Å². The number of carbonyl (C=O) groups is 1. The molecule has 0 radical (unpaired) electrons. The van der Waals surface area contributed by atoms with Gasteiger partial charge in [0.15, 0.2) is 0 Å². The molecule has 2 nitrogen and oxygen atoms in total. The lowest BCUT2D eigenvalue weighted by Gasteiger charge is -2.13. The van der Waals surface area contributed by atoms with Gasteiger partial charge in [0.05, 0.1) is 0 Å². The quantitative estimate of drug-likeness (QED) is 0.544. The Kier molecular flexibility index (Phi) is 3.53. The minimum atomic E-state index is -0.428. The average molecular weight is 212 g/mol. The second kappa shape index (κ2) is 4.47. The molecule has 0 fully saturated rings. The minimum Gasteiger partial charge on any atom is -0.328 e. The molecule has 0 spiro atoms. The Labute approximate surface area is 89.5 Å². The highest BCUT2D eigenvalue weighted by Gasteiger charge is 2.05. The largest absolute Gasteiger partial charge is 0.328 e. The van der Waals surface area contributed by atoms with E-state index in [1.165, 1.54) is 16.0 Å². The van der Waals surface area contributed by atoms with Gasteiger partial charge in [-0.1, -0.05) is 18.2 Å². The highest BCUT2D eigenvalue weighted by atomic mass is 35.5. The molecule has 1 aromatic carbocycles. The van der Waals surface area contributed by atoms with Gasteiger partial charge in [0.1, 0.15) is 0 Å².